The molecule has 0 spiro atoms. The zero-order valence-electron chi connectivity index (χ0n) is 11.3. The molecule has 104 valence electrons. The Morgan fingerprint density at radius 2 is 2.11 bits per heavy atom. The molecule has 0 heterocycles. The minimum Gasteiger partial charge on any atom is -0.480 e. The van der Waals surface area contributed by atoms with Gasteiger partial charge in [-0.05, 0) is 26.5 Å². The SMILES string of the molecule is CNCc1cccc(C)c1OC(C)C(=O)NC(N)=O. The molecule has 3 amide bonds. The van der Waals surface area contributed by atoms with Gasteiger partial charge in [0.25, 0.3) is 5.91 Å². The fourth-order valence-electron chi connectivity index (χ4n) is 1.66. The molecule has 0 saturated heterocycles. The molecule has 0 fully saturated rings. The second-order valence-electron chi connectivity index (χ2n) is 4.21. The van der Waals surface area contributed by atoms with Crippen molar-refractivity contribution in [3.63, 3.8) is 0 Å². The molecule has 19 heavy (non-hydrogen) atoms. The van der Waals surface area contributed by atoms with Gasteiger partial charge in [-0.1, -0.05) is 18.2 Å². The number of carbonyl (C=O) groups excluding carboxylic acids is 2. The summed E-state index contributed by atoms with van der Waals surface area (Å²) in [6, 6.07) is 4.84. The van der Waals surface area contributed by atoms with Gasteiger partial charge in [-0.25, -0.2) is 4.79 Å². The second kappa shape index (κ2) is 6.75. The molecule has 0 aliphatic heterocycles. The van der Waals surface area contributed by atoms with Crippen molar-refractivity contribution in [2.45, 2.75) is 26.5 Å². The van der Waals surface area contributed by atoms with Gasteiger partial charge < -0.3 is 15.8 Å². The Kier molecular flexibility index (Phi) is 5.32. The van der Waals surface area contributed by atoms with E-state index in [-0.39, 0.29) is 0 Å². The van der Waals surface area contributed by atoms with Crippen LogP contribution in [-0.4, -0.2) is 25.1 Å². The van der Waals surface area contributed by atoms with Crippen molar-refractivity contribution in [1.29, 1.82) is 0 Å². The van der Waals surface area contributed by atoms with Crippen molar-refractivity contribution in [2.75, 3.05) is 7.05 Å². The van der Waals surface area contributed by atoms with Gasteiger partial charge in [-0.3, -0.25) is 10.1 Å². The van der Waals surface area contributed by atoms with Gasteiger partial charge in [-0.2, -0.15) is 0 Å². The molecule has 0 aliphatic carbocycles. The fraction of sp³-hybridized carbons (Fsp3) is 0.385. The summed E-state index contributed by atoms with van der Waals surface area (Å²) in [4.78, 5) is 22.2. The summed E-state index contributed by atoms with van der Waals surface area (Å²) < 4.78 is 5.63. The van der Waals surface area contributed by atoms with Crippen molar-refractivity contribution >= 4 is 11.9 Å². The van der Waals surface area contributed by atoms with Crippen LogP contribution in [0.25, 0.3) is 0 Å². The normalized spacial score (nSPS) is 11.7. The Morgan fingerprint density at radius 1 is 1.42 bits per heavy atom. The fourth-order valence-corrected chi connectivity index (χ4v) is 1.66. The van der Waals surface area contributed by atoms with Crippen LogP contribution in [0, 0.1) is 6.92 Å². The molecule has 6 nitrogen and oxygen atoms in total. The minimum absolute atomic E-state index is 0.564. The highest BCUT2D eigenvalue weighted by Crippen LogP contribution is 2.24. The van der Waals surface area contributed by atoms with Crippen LogP contribution in [0.1, 0.15) is 18.1 Å². The van der Waals surface area contributed by atoms with Crippen LogP contribution in [0.2, 0.25) is 0 Å². The number of ether oxygens (including phenoxy) is 1. The summed E-state index contributed by atoms with van der Waals surface area (Å²) in [6.07, 6.45) is -0.802. The van der Waals surface area contributed by atoms with Crippen LogP contribution in [0.15, 0.2) is 18.2 Å². The van der Waals surface area contributed by atoms with Gasteiger partial charge in [0.05, 0.1) is 0 Å². The van der Waals surface area contributed by atoms with E-state index < -0.39 is 18.0 Å². The molecule has 1 aromatic carbocycles. The van der Waals surface area contributed by atoms with Gasteiger partial charge >= 0.3 is 6.03 Å². The largest absolute Gasteiger partial charge is 0.480 e. The molecule has 1 rings (SSSR count). The number of nitrogens with two attached hydrogens (primary N) is 1. The van der Waals surface area contributed by atoms with Crippen LogP contribution in [0.5, 0.6) is 5.75 Å². The number of hydrogen-bond acceptors (Lipinski definition) is 4. The Balaban J connectivity index is 2.86. The Morgan fingerprint density at radius 3 is 2.68 bits per heavy atom. The third-order valence-corrected chi connectivity index (χ3v) is 2.57. The second-order valence-corrected chi connectivity index (χ2v) is 4.21. The Labute approximate surface area is 112 Å². The van der Waals surface area contributed by atoms with Crippen LogP contribution in [0.3, 0.4) is 0 Å². The van der Waals surface area contributed by atoms with E-state index in [2.05, 4.69) is 5.32 Å². The summed E-state index contributed by atoms with van der Waals surface area (Å²) >= 11 is 0. The number of aryl methyl sites for hydroxylation is 1. The number of benzene rings is 1. The number of amides is 3. The van der Waals surface area contributed by atoms with Gasteiger partial charge in [-0.15, -0.1) is 0 Å². The maximum atomic E-state index is 11.6. The predicted molar refractivity (Wildman–Crippen MR) is 71.8 cm³/mol. The Hall–Kier alpha value is -2.08. The number of imide groups is 1. The van der Waals surface area contributed by atoms with Crippen molar-refractivity contribution < 1.29 is 14.3 Å². The molecular formula is C13H19N3O3. The minimum atomic E-state index is -0.888. The highest BCUT2D eigenvalue weighted by molar-refractivity contribution is 5.95. The van der Waals surface area contributed by atoms with E-state index >= 15 is 0 Å². The molecule has 0 aliphatic rings. The average molecular weight is 265 g/mol. The van der Waals surface area contributed by atoms with Crippen LogP contribution in [0.4, 0.5) is 4.79 Å². The maximum Gasteiger partial charge on any atom is 0.318 e. The number of nitrogens with one attached hydrogen (secondary N) is 2. The summed E-state index contributed by atoms with van der Waals surface area (Å²) in [5, 5.41) is 5.02. The molecule has 0 bridgehead atoms. The molecule has 1 aromatic rings. The first kappa shape index (κ1) is 15.0. The molecule has 1 unspecified atom stereocenters. The Bertz CT molecular complexity index is 474. The number of para-hydroxylation sites is 1. The number of carbonyl (C=O) groups is 2. The number of urea groups is 1. The van der Waals surface area contributed by atoms with Gasteiger partial charge in [0.1, 0.15) is 5.75 Å². The zero-order chi connectivity index (χ0) is 14.4. The van der Waals surface area contributed by atoms with Crippen LogP contribution >= 0.6 is 0 Å². The lowest BCUT2D eigenvalue weighted by Gasteiger charge is -2.18. The molecule has 1 atom stereocenters. The van der Waals surface area contributed by atoms with E-state index in [1.807, 2.05) is 37.5 Å². The molecule has 0 aromatic heterocycles. The van der Waals surface area contributed by atoms with Crippen molar-refractivity contribution in [2.24, 2.45) is 5.73 Å². The number of rotatable bonds is 5. The lowest BCUT2D eigenvalue weighted by molar-refractivity contribution is -0.126. The van der Waals surface area contributed by atoms with Crippen LogP contribution in [-0.2, 0) is 11.3 Å². The molecule has 6 heteroatoms. The quantitative estimate of drug-likeness (QED) is 0.729. The van der Waals surface area contributed by atoms with E-state index in [1.54, 1.807) is 6.92 Å². The first-order valence-electron chi connectivity index (χ1n) is 5.95. The predicted octanol–water partition coefficient (Wildman–Crippen LogP) is 0.677. The van der Waals surface area contributed by atoms with E-state index in [0.29, 0.717) is 12.3 Å². The molecule has 0 saturated carbocycles. The number of primary amides is 1. The van der Waals surface area contributed by atoms with Gasteiger partial charge in [0, 0.05) is 12.1 Å². The topological polar surface area (TPSA) is 93.4 Å². The first-order chi connectivity index (χ1) is 8.95. The monoisotopic (exact) mass is 265 g/mol. The third kappa shape index (κ3) is 4.26. The first-order valence-corrected chi connectivity index (χ1v) is 5.95. The standard InChI is InChI=1S/C13H19N3O3/c1-8-5-4-6-10(7-15-3)11(8)19-9(2)12(17)16-13(14)18/h4-6,9,15H,7H2,1-3H3,(H3,14,16,17,18). The highest BCUT2D eigenvalue weighted by atomic mass is 16.5. The lowest BCUT2D eigenvalue weighted by Crippen LogP contribution is -2.42. The number of hydrogen-bond donors (Lipinski definition) is 3. The van der Waals surface area contributed by atoms with Gasteiger partial charge in [0.2, 0.25) is 0 Å². The van der Waals surface area contributed by atoms with E-state index in [9.17, 15) is 9.59 Å². The van der Waals surface area contributed by atoms with Crippen molar-refractivity contribution in [3.05, 3.63) is 29.3 Å². The summed E-state index contributed by atoms with van der Waals surface area (Å²) in [5.74, 6) is 0.0788. The highest BCUT2D eigenvalue weighted by Gasteiger charge is 2.18. The smallest absolute Gasteiger partial charge is 0.318 e. The van der Waals surface area contributed by atoms with Crippen LogP contribution < -0.4 is 21.1 Å². The van der Waals surface area contributed by atoms with Gasteiger partial charge in [0.15, 0.2) is 6.10 Å². The summed E-state index contributed by atoms with van der Waals surface area (Å²) in [5.41, 5.74) is 6.76. The lowest BCUT2D eigenvalue weighted by atomic mass is 10.1. The molecule has 4 N–H and O–H groups in total. The third-order valence-electron chi connectivity index (χ3n) is 2.57. The molecule has 0 radical (unpaired) electrons. The maximum absolute atomic E-state index is 11.6. The van der Waals surface area contributed by atoms with Crippen molar-refractivity contribution in [3.8, 4) is 5.75 Å². The zero-order valence-corrected chi connectivity index (χ0v) is 11.3. The van der Waals surface area contributed by atoms with E-state index in [1.165, 1.54) is 0 Å². The average Bonchev–Trinajstić information content (AvgIpc) is 2.32. The summed E-state index contributed by atoms with van der Waals surface area (Å²) in [6.45, 7) is 4.09. The summed E-state index contributed by atoms with van der Waals surface area (Å²) in [7, 11) is 1.83. The van der Waals surface area contributed by atoms with E-state index in [4.69, 9.17) is 10.5 Å². The van der Waals surface area contributed by atoms with E-state index in [0.717, 1.165) is 11.1 Å². The molecular weight excluding hydrogens is 246 g/mol. The van der Waals surface area contributed by atoms with Crippen molar-refractivity contribution in [1.82, 2.24) is 10.6 Å².